The van der Waals surface area contributed by atoms with E-state index in [1.54, 1.807) is 13.1 Å². The van der Waals surface area contributed by atoms with E-state index in [9.17, 15) is 49.2 Å². The monoisotopic (exact) mass is 864 g/mol. The Morgan fingerprint density at radius 2 is 1.90 bits per heavy atom. The fourth-order valence-electron chi connectivity index (χ4n) is 7.31. The highest BCUT2D eigenvalue weighted by Crippen LogP contribution is 2.53. The van der Waals surface area contributed by atoms with Crippen LogP contribution in [-0.2, 0) is 24.0 Å². The summed E-state index contributed by atoms with van der Waals surface area (Å²) in [7, 11) is 0. The lowest BCUT2D eigenvalue weighted by Gasteiger charge is -2.40. The number of Topliss-reactive ketones (excluding diaryl/α,β-unsaturated/α-hetero) is 1. The number of carboxylic acid groups (broad SMARTS) is 2. The van der Waals surface area contributed by atoms with E-state index < -0.39 is 81.3 Å². The van der Waals surface area contributed by atoms with Gasteiger partial charge in [0.1, 0.15) is 12.2 Å². The number of β-lactam (4-membered cyclic amide) rings is 1. The van der Waals surface area contributed by atoms with Crippen LogP contribution in [-0.4, -0.2) is 160 Å². The third-order valence-corrected chi connectivity index (χ3v) is 13.5. The Labute approximate surface area is 344 Å². The average Bonchev–Trinajstić information content (AvgIpc) is 3.96. The number of nitrogens with zero attached hydrogens (tertiary/aromatic N) is 7. The molecule has 4 aliphatic rings. The summed E-state index contributed by atoms with van der Waals surface area (Å²) in [5.41, 5.74) is 3.65. The number of carboxylic acids is 2. The zero-order valence-corrected chi connectivity index (χ0v) is 34.1. The number of thioether (sulfide) groups is 1. The minimum Gasteiger partial charge on any atom is -0.504 e. The minimum absolute atomic E-state index is 0.00597. The predicted molar refractivity (Wildman–Crippen MR) is 210 cm³/mol. The summed E-state index contributed by atoms with van der Waals surface area (Å²) in [6.07, 6.45) is 3.08. The van der Waals surface area contributed by atoms with Gasteiger partial charge < -0.3 is 45.7 Å². The number of nitrogens with one attached hydrogen (secondary N) is 1. The molecule has 0 radical (unpaired) electrons. The molecule has 0 saturated carbocycles. The highest BCUT2D eigenvalue weighted by molar-refractivity contribution is 8.02. The van der Waals surface area contributed by atoms with Gasteiger partial charge in [-0.25, -0.2) is 24.4 Å². The molecule has 312 valence electrons. The van der Waals surface area contributed by atoms with Crippen LogP contribution in [0, 0.1) is 5.92 Å². The van der Waals surface area contributed by atoms with Crippen molar-refractivity contribution in [3.63, 3.8) is 0 Å². The van der Waals surface area contributed by atoms with Gasteiger partial charge in [0.05, 0.1) is 66.9 Å². The Kier molecular flexibility index (Phi) is 11.9. The lowest BCUT2D eigenvalue weighted by Crippen LogP contribution is -2.59. The van der Waals surface area contributed by atoms with Crippen LogP contribution in [0.4, 0.5) is 9.93 Å². The van der Waals surface area contributed by atoms with Gasteiger partial charge in [-0.15, -0.1) is 11.3 Å². The number of hydrazone groups is 1. The van der Waals surface area contributed by atoms with Crippen molar-refractivity contribution in [3.8, 4) is 11.5 Å². The summed E-state index contributed by atoms with van der Waals surface area (Å²) in [6.45, 7) is 6.68. The molecule has 1 aromatic carbocycles. The van der Waals surface area contributed by atoms with E-state index in [-0.39, 0.29) is 46.8 Å². The van der Waals surface area contributed by atoms with Gasteiger partial charge in [0.15, 0.2) is 28.1 Å². The molecular weight excluding hydrogens is 822 g/mol. The van der Waals surface area contributed by atoms with Gasteiger partial charge >= 0.3 is 18.0 Å². The highest BCUT2D eigenvalue weighted by Gasteiger charge is 2.66. The summed E-state index contributed by atoms with van der Waals surface area (Å²) in [6, 6.07) is 1.30. The second-order valence-corrected chi connectivity index (χ2v) is 17.7. The van der Waals surface area contributed by atoms with E-state index in [0.29, 0.717) is 17.6 Å². The lowest BCUT2D eigenvalue weighted by molar-refractivity contribution is -0.906. The number of rotatable bonds is 16. The van der Waals surface area contributed by atoms with Crippen LogP contribution in [0.5, 0.6) is 11.5 Å². The molecule has 4 saturated heterocycles. The SMILES string of the molecule is C[C@H]1CN([C@@]2(C(=O)O)CN3C(=O)[C@@H](CC(=O)/C(=N\OC(C)(C)C(=O)O)c4csc(N)n4)[C@H]3S2)C(=O)N1/N=C/C[N+]1(CCNC(=O)c2ccc(O)c(O)c2Cl)CCCC1. The quantitative estimate of drug-likeness (QED) is 0.0462. The normalized spacial score (nSPS) is 24.3. The van der Waals surface area contributed by atoms with Crippen LogP contribution in [0.2, 0.25) is 5.02 Å². The van der Waals surface area contributed by atoms with Crippen LogP contribution in [0.1, 0.15) is 56.1 Å². The van der Waals surface area contributed by atoms with Crippen molar-refractivity contribution in [2.24, 2.45) is 16.2 Å². The van der Waals surface area contributed by atoms with E-state index >= 15 is 0 Å². The van der Waals surface area contributed by atoms with Crippen LogP contribution >= 0.6 is 34.7 Å². The zero-order valence-electron chi connectivity index (χ0n) is 31.7. The molecule has 58 heavy (non-hydrogen) atoms. The fraction of sp³-hybridized carbons (Fsp3) is 0.514. The van der Waals surface area contributed by atoms with E-state index in [1.165, 1.54) is 46.2 Å². The maximum Gasteiger partial charge on any atom is 0.350 e. The standard InChI is InChI=1S/C35H42ClN9O11S2/c1-18-15-43(33(55)44(18)39-9-13-45(10-4-5-11-45)12-8-38-27(49)19-6-7-22(46)26(48)24(19)36)35(31(53)54)17-42-28(50)20(29(42)58-35)14-23(47)25(21-16-57-32(37)40-21)41-56-34(2,3)30(51)52/h6-7,9,16,18,20,29H,4-5,8,10-15,17H2,1-3H3,(H6-,37,38,40,41,46,47,48,49,51,52,53,54)/p+1/b39-9+/t18-,20+,29+,35-/m0/s1. The molecule has 2 aromatic rings. The van der Waals surface area contributed by atoms with E-state index in [4.69, 9.17) is 22.2 Å². The smallest absolute Gasteiger partial charge is 0.350 e. The molecule has 7 N–H and O–H groups in total. The second-order valence-electron chi connectivity index (χ2n) is 15.1. The molecule has 0 spiro atoms. The third kappa shape index (κ3) is 7.96. The van der Waals surface area contributed by atoms with Gasteiger partial charge in [-0.05, 0) is 32.9 Å². The number of aliphatic carboxylic acids is 2. The number of benzene rings is 1. The maximum absolute atomic E-state index is 13.9. The molecule has 1 aromatic heterocycles. The maximum atomic E-state index is 13.9. The first-order valence-corrected chi connectivity index (χ1v) is 20.4. The number of hydrogen-bond donors (Lipinski definition) is 6. The molecule has 4 amide bonds. The number of aromatic nitrogens is 1. The van der Waals surface area contributed by atoms with Crippen molar-refractivity contribution in [1.29, 1.82) is 0 Å². The number of ketones is 1. The first-order chi connectivity index (χ1) is 27.3. The highest BCUT2D eigenvalue weighted by atomic mass is 35.5. The largest absolute Gasteiger partial charge is 0.504 e. The summed E-state index contributed by atoms with van der Waals surface area (Å²) in [5, 5.41) is 52.4. The number of aromatic hydroxyl groups is 2. The molecule has 23 heteroatoms. The predicted octanol–water partition coefficient (Wildman–Crippen LogP) is 1.80. The van der Waals surface area contributed by atoms with Crippen LogP contribution in [0.3, 0.4) is 0 Å². The van der Waals surface area contributed by atoms with Gasteiger partial charge in [-0.3, -0.25) is 19.3 Å². The number of fused-ring (bicyclic) bond motifs is 1. The number of thiazole rings is 1. The molecule has 4 fully saturated rings. The van der Waals surface area contributed by atoms with Crippen molar-refractivity contribution in [2.45, 2.75) is 61.9 Å². The summed E-state index contributed by atoms with van der Waals surface area (Å²) < 4.78 is 0.567. The molecule has 5 heterocycles. The molecule has 0 unspecified atom stereocenters. The number of halogens is 1. The summed E-state index contributed by atoms with van der Waals surface area (Å²) in [4.78, 5) is 88.2. The van der Waals surface area contributed by atoms with Crippen LogP contribution < -0.4 is 11.1 Å². The number of quaternary nitrogens is 1. The molecule has 6 rings (SSSR count). The number of amides is 4. The molecule has 4 aliphatic heterocycles. The number of phenolic OH excluding ortho intramolecular Hbond substituents is 2. The number of urea groups is 1. The Balaban J connectivity index is 1.10. The number of oxime groups is 1. The molecule has 20 nitrogen and oxygen atoms in total. The molecule has 4 atom stereocenters. The lowest BCUT2D eigenvalue weighted by atomic mass is 9.90. The Morgan fingerprint density at radius 1 is 1.19 bits per heavy atom. The first kappa shape index (κ1) is 42.4. The zero-order chi connectivity index (χ0) is 42.3. The number of phenols is 2. The van der Waals surface area contributed by atoms with Gasteiger partial charge in [-0.1, -0.05) is 28.5 Å². The minimum atomic E-state index is -1.87. The summed E-state index contributed by atoms with van der Waals surface area (Å²) >= 11 is 7.95. The van der Waals surface area contributed by atoms with Crippen LogP contribution in [0.25, 0.3) is 0 Å². The number of carbonyl (C=O) groups excluding carboxylic acids is 4. The van der Waals surface area contributed by atoms with Crippen molar-refractivity contribution >= 4 is 87.3 Å². The average molecular weight is 865 g/mol. The topological polar surface area (TPSA) is 278 Å². The number of carbonyl (C=O) groups is 6. The van der Waals surface area contributed by atoms with E-state index in [1.807, 2.05) is 0 Å². The van der Waals surface area contributed by atoms with Gasteiger partial charge in [0, 0.05) is 31.2 Å². The Hall–Kier alpha value is -5.19. The Bertz CT molecular complexity index is 2090. The summed E-state index contributed by atoms with van der Waals surface area (Å²) in [5.74, 6) is -6.40. The van der Waals surface area contributed by atoms with Gasteiger partial charge in [0.2, 0.25) is 16.4 Å². The first-order valence-electron chi connectivity index (χ1n) is 18.2. The third-order valence-electron chi connectivity index (χ3n) is 10.7. The van der Waals surface area contributed by atoms with Crippen molar-refractivity contribution < 1.29 is 58.5 Å². The van der Waals surface area contributed by atoms with Gasteiger partial charge in [0.25, 0.3) is 5.91 Å². The second kappa shape index (κ2) is 16.2. The molecular formula is C35H43ClN9O11S2+. The number of likely N-dealkylation sites (tertiary alicyclic amines) is 1. The number of nitrogen functional groups attached to an aromatic ring is 1. The van der Waals surface area contributed by atoms with E-state index in [0.717, 1.165) is 49.0 Å². The fourth-order valence-corrected chi connectivity index (χ4v) is 9.78. The van der Waals surface area contributed by atoms with Crippen LogP contribution in [0.15, 0.2) is 27.8 Å². The van der Waals surface area contributed by atoms with Crippen molar-refractivity contribution in [3.05, 3.63) is 33.8 Å². The number of anilines is 1. The molecule has 0 aliphatic carbocycles. The van der Waals surface area contributed by atoms with Crippen molar-refractivity contribution in [1.82, 2.24) is 25.1 Å². The van der Waals surface area contributed by atoms with E-state index in [2.05, 4.69) is 20.6 Å². The molecule has 0 bridgehead atoms. The number of nitrogens with two attached hydrogens (primary N) is 1. The van der Waals surface area contributed by atoms with Crippen molar-refractivity contribution in [2.75, 3.05) is 51.5 Å². The number of hydrogen-bond acceptors (Lipinski definition) is 15. The Morgan fingerprint density at radius 3 is 2.53 bits per heavy atom. The van der Waals surface area contributed by atoms with Gasteiger partial charge in [-0.2, -0.15) is 5.10 Å².